The Labute approximate surface area is 95.9 Å². The summed E-state index contributed by atoms with van der Waals surface area (Å²) in [4.78, 5) is 8.06. The van der Waals surface area contributed by atoms with Crippen LogP contribution in [0.1, 0.15) is 26.7 Å². The molecule has 0 aliphatic heterocycles. The number of aliphatic hydroxyl groups excluding tert-OH is 1. The SMILES string of the molecule is CCC(C)(CCO)Nc1cc(OC)ncn1. The van der Waals surface area contributed by atoms with Gasteiger partial charge in [-0.2, -0.15) is 0 Å². The third-order valence-electron chi connectivity index (χ3n) is 2.72. The highest BCUT2D eigenvalue weighted by Gasteiger charge is 2.21. The van der Waals surface area contributed by atoms with Gasteiger partial charge in [0.2, 0.25) is 5.88 Å². The number of nitrogens with one attached hydrogen (secondary N) is 1. The second-order valence-electron chi connectivity index (χ2n) is 3.96. The number of hydrogen-bond acceptors (Lipinski definition) is 5. The molecule has 0 aromatic carbocycles. The standard InChI is InChI=1S/C11H19N3O2/c1-4-11(2,5-6-15)14-9-7-10(16-3)13-8-12-9/h7-8,15H,4-6H2,1-3H3,(H,12,13,14). The van der Waals surface area contributed by atoms with Crippen LogP contribution in [0.3, 0.4) is 0 Å². The molecule has 0 bridgehead atoms. The van der Waals surface area contributed by atoms with Crippen LogP contribution in [0.4, 0.5) is 5.82 Å². The van der Waals surface area contributed by atoms with Gasteiger partial charge in [-0.3, -0.25) is 0 Å². The molecule has 16 heavy (non-hydrogen) atoms. The van der Waals surface area contributed by atoms with Crippen LogP contribution >= 0.6 is 0 Å². The molecule has 1 heterocycles. The third kappa shape index (κ3) is 3.34. The van der Waals surface area contributed by atoms with E-state index in [9.17, 15) is 0 Å². The van der Waals surface area contributed by atoms with E-state index >= 15 is 0 Å². The number of anilines is 1. The lowest BCUT2D eigenvalue weighted by molar-refractivity contribution is 0.251. The van der Waals surface area contributed by atoms with Gasteiger partial charge < -0.3 is 15.2 Å². The van der Waals surface area contributed by atoms with E-state index in [-0.39, 0.29) is 12.1 Å². The maximum absolute atomic E-state index is 9.01. The first kappa shape index (κ1) is 12.7. The molecule has 1 aromatic heterocycles. The fourth-order valence-corrected chi connectivity index (χ4v) is 1.40. The highest BCUT2D eigenvalue weighted by atomic mass is 16.5. The van der Waals surface area contributed by atoms with Gasteiger partial charge in [-0.25, -0.2) is 9.97 Å². The zero-order chi connectivity index (χ0) is 12.0. The average Bonchev–Trinajstić information content (AvgIpc) is 2.29. The molecule has 0 aliphatic rings. The van der Waals surface area contributed by atoms with Gasteiger partial charge in [0.1, 0.15) is 12.1 Å². The molecule has 0 fully saturated rings. The molecule has 0 saturated carbocycles. The molecule has 0 saturated heterocycles. The van der Waals surface area contributed by atoms with Crippen LogP contribution in [0, 0.1) is 0 Å². The van der Waals surface area contributed by atoms with Gasteiger partial charge in [0.25, 0.3) is 0 Å². The number of ether oxygens (including phenoxy) is 1. The van der Waals surface area contributed by atoms with Crippen LogP contribution in [0.15, 0.2) is 12.4 Å². The van der Waals surface area contributed by atoms with Crippen molar-refractivity contribution in [3.63, 3.8) is 0 Å². The lowest BCUT2D eigenvalue weighted by Crippen LogP contribution is -2.35. The number of aliphatic hydroxyl groups is 1. The number of methoxy groups -OCH3 is 1. The van der Waals surface area contributed by atoms with E-state index in [2.05, 4.69) is 29.1 Å². The summed E-state index contributed by atoms with van der Waals surface area (Å²) >= 11 is 0. The van der Waals surface area contributed by atoms with Crippen molar-refractivity contribution in [3.05, 3.63) is 12.4 Å². The van der Waals surface area contributed by atoms with Crippen molar-refractivity contribution in [1.82, 2.24) is 9.97 Å². The van der Waals surface area contributed by atoms with Crippen molar-refractivity contribution in [1.29, 1.82) is 0 Å². The van der Waals surface area contributed by atoms with Gasteiger partial charge in [-0.1, -0.05) is 6.92 Å². The Bertz CT molecular complexity index is 333. The zero-order valence-electron chi connectivity index (χ0n) is 10.0. The summed E-state index contributed by atoms with van der Waals surface area (Å²) < 4.78 is 5.02. The summed E-state index contributed by atoms with van der Waals surface area (Å²) in [6.45, 7) is 4.28. The van der Waals surface area contributed by atoms with Gasteiger partial charge in [0.15, 0.2) is 0 Å². The number of aromatic nitrogens is 2. The van der Waals surface area contributed by atoms with Gasteiger partial charge >= 0.3 is 0 Å². The molecule has 1 atom stereocenters. The fraction of sp³-hybridized carbons (Fsp3) is 0.636. The van der Waals surface area contributed by atoms with Crippen LogP contribution in [-0.2, 0) is 0 Å². The fourth-order valence-electron chi connectivity index (χ4n) is 1.40. The number of rotatable bonds is 6. The quantitative estimate of drug-likeness (QED) is 0.767. The molecule has 90 valence electrons. The van der Waals surface area contributed by atoms with Crippen molar-refractivity contribution in [2.24, 2.45) is 0 Å². The molecule has 1 rings (SSSR count). The van der Waals surface area contributed by atoms with E-state index in [1.54, 1.807) is 13.2 Å². The highest BCUT2D eigenvalue weighted by Crippen LogP contribution is 2.21. The van der Waals surface area contributed by atoms with Gasteiger partial charge in [-0.15, -0.1) is 0 Å². The highest BCUT2D eigenvalue weighted by molar-refractivity contribution is 5.39. The topological polar surface area (TPSA) is 67.3 Å². The zero-order valence-corrected chi connectivity index (χ0v) is 10.0. The van der Waals surface area contributed by atoms with Gasteiger partial charge in [0.05, 0.1) is 7.11 Å². The summed E-state index contributed by atoms with van der Waals surface area (Å²) in [5.41, 5.74) is -0.159. The summed E-state index contributed by atoms with van der Waals surface area (Å²) in [5, 5.41) is 12.3. The Morgan fingerprint density at radius 1 is 1.50 bits per heavy atom. The molecular formula is C11H19N3O2. The molecule has 0 amide bonds. The van der Waals surface area contributed by atoms with Gasteiger partial charge in [0, 0.05) is 18.2 Å². The lowest BCUT2D eigenvalue weighted by Gasteiger charge is -2.29. The summed E-state index contributed by atoms with van der Waals surface area (Å²) in [6.07, 6.45) is 3.03. The molecule has 5 nitrogen and oxygen atoms in total. The van der Waals surface area contributed by atoms with Crippen molar-refractivity contribution >= 4 is 5.82 Å². The predicted molar refractivity (Wildman–Crippen MR) is 62.6 cm³/mol. The normalized spacial score (nSPS) is 14.2. The van der Waals surface area contributed by atoms with E-state index < -0.39 is 0 Å². The Hall–Kier alpha value is -1.36. The third-order valence-corrected chi connectivity index (χ3v) is 2.72. The summed E-state index contributed by atoms with van der Waals surface area (Å²) in [5.74, 6) is 1.24. The first-order valence-corrected chi connectivity index (χ1v) is 5.38. The molecule has 2 N–H and O–H groups in total. The van der Waals surface area contributed by atoms with Crippen molar-refractivity contribution in [2.75, 3.05) is 19.0 Å². The van der Waals surface area contributed by atoms with Crippen LogP contribution in [-0.4, -0.2) is 34.3 Å². The maximum atomic E-state index is 9.01. The van der Waals surface area contributed by atoms with Crippen LogP contribution < -0.4 is 10.1 Å². The van der Waals surface area contributed by atoms with Crippen LogP contribution in [0.5, 0.6) is 5.88 Å². The number of hydrogen-bond donors (Lipinski definition) is 2. The molecule has 0 radical (unpaired) electrons. The average molecular weight is 225 g/mol. The maximum Gasteiger partial charge on any atom is 0.218 e. The Morgan fingerprint density at radius 2 is 2.25 bits per heavy atom. The minimum atomic E-state index is -0.159. The monoisotopic (exact) mass is 225 g/mol. The molecular weight excluding hydrogens is 206 g/mol. The van der Waals surface area contributed by atoms with E-state index in [1.807, 2.05) is 0 Å². The summed E-state index contributed by atoms with van der Waals surface area (Å²) in [7, 11) is 1.57. The van der Waals surface area contributed by atoms with Crippen LogP contribution in [0.25, 0.3) is 0 Å². The first-order valence-electron chi connectivity index (χ1n) is 5.38. The second kappa shape index (κ2) is 5.65. The largest absolute Gasteiger partial charge is 0.481 e. The Morgan fingerprint density at radius 3 is 2.81 bits per heavy atom. The Balaban J connectivity index is 2.77. The molecule has 5 heteroatoms. The Kier molecular flexibility index (Phi) is 4.49. The van der Waals surface area contributed by atoms with Crippen molar-refractivity contribution in [3.8, 4) is 5.88 Å². The van der Waals surface area contributed by atoms with E-state index in [0.717, 1.165) is 6.42 Å². The second-order valence-corrected chi connectivity index (χ2v) is 3.96. The van der Waals surface area contributed by atoms with E-state index in [1.165, 1.54) is 6.33 Å². The summed E-state index contributed by atoms with van der Waals surface area (Å²) in [6, 6.07) is 1.74. The van der Waals surface area contributed by atoms with E-state index in [0.29, 0.717) is 18.1 Å². The number of nitrogens with zero attached hydrogens (tertiary/aromatic N) is 2. The molecule has 0 spiro atoms. The minimum Gasteiger partial charge on any atom is -0.481 e. The smallest absolute Gasteiger partial charge is 0.218 e. The first-order chi connectivity index (χ1) is 7.63. The molecule has 1 unspecified atom stereocenters. The minimum absolute atomic E-state index is 0.152. The van der Waals surface area contributed by atoms with E-state index in [4.69, 9.17) is 9.84 Å². The molecule has 0 aliphatic carbocycles. The van der Waals surface area contributed by atoms with Crippen molar-refractivity contribution < 1.29 is 9.84 Å². The predicted octanol–water partition coefficient (Wildman–Crippen LogP) is 1.45. The lowest BCUT2D eigenvalue weighted by atomic mass is 9.95. The van der Waals surface area contributed by atoms with Gasteiger partial charge in [-0.05, 0) is 19.8 Å². The van der Waals surface area contributed by atoms with Crippen LogP contribution in [0.2, 0.25) is 0 Å². The molecule has 1 aromatic rings. The van der Waals surface area contributed by atoms with Crippen molar-refractivity contribution in [2.45, 2.75) is 32.2 Å².